The van der Waals surface area contributed by atoms with Crippen LogP contribution < -0.4 is 14.8 Å². The Morgan fingerprint density at radius 3 is 2.39 bits per heavy atom. The molecule has 3 rings (SSSR count). The number of hydrogen-bond acceptors (Lipinski definition) is 5. The molecule has 10 heteroatoms. The summed E-state index contributed by atoms with van der Waals surface area (Å²) in [5.74, 6) is -0.119. The summed E-state index contributed by atoms with van der Waals surface area (Å²) in [5, 5.41) is 13.3. The third kappa shape index (κ3) is 5.26. The standard InChI is InChI=1S/C21H15ClF2N2O5/c1-30-15-6-2-12(3-7-15)17-10-13(4-9-19(17)31-21(23)24)25-20(27)16-8-5-14(26(28)29)11-18(16)22/h2-11,21H,1H3,(H,25,27). The predicted molar refractivity (Wildman–Crippen MR) is 111 cm³/mol. The molecule has 7 nitrogen and oxygen atoms in total. The average molecular weight is 449 g/mol. The molecule has 0 atom stereocenters. The Hall–Kier alpha value is -3.72. The molecule has 3 aromatic rings. The van der Waals surface area contributed by atoms with Crippen LogP contribution in [-0.4, -0.2) is 24.6 Å². The molecule has 0 saturated carbocycles. The number of benzene rings is 3. The lowest BCUT2D eigenvalue weighted by atomic mass is 10.0. The molecule has 0 aliphatic carbocycles. The van der Waals surface area contributed by atoms with Crippen LogP contribution in [0, 0.1) is 10.1 Å². The molecule has 3 aromatic carbocycles. The lowest BCUT2D eigenvalue weighted by molar-refractivity contribution is -0.384. The van der Waals surface area contributed by atoms with Gasteiger partial charge in [0, 0.05) is 23.4 Å². The van der Waals surface area contributed by atoms with Gasteiger partial charge in [0.1, 0.15) is 11.5 Å². The van der Waals surface area contributed by atoms with Gasteiger partial charge < -0.3 is 14.8 Å². The first kappa shape index (κ1) is 22.0. The lowest BCUT2D eigenvalue weighted by Crippen LogP contribution is -2.13. The summed E-state index contributed by atoms with van der Waals surface area (Å²) >= 11 is 5.99. The molecule has 0 aliphatic rings. The van der Waals surface area contributed by atoms with Crippen LogP contribution in [0.1, 0.15) is 10.4 Å². The maximum atomic E-state index is 12.8. The number of ether oxygens (including phenoxy) is 2. The van der Waals surface area contributed by atoms with Crippen molar-refractivity contribution >= 4 is 28.9 Å². The van der Waals surface area contributed by atoms with E-state index in [4.69, 9.17) is 16.3 Å². The molecule has 160 valence electrons. The second-order valence-electron chi connectivity index (χ2n) is 6.19. The monoisotopic (exact) mass is 448 g/mol. The minimum atomic E-state index is -3.03. The first-order valence-corrected chi connectivity index (χ1v) is 9.15. The van der Waals surface area contributed by atoms with E-state index in [2.05, 4.69) is 10.1 Å². The number of rotatable bonds is 7. The summed E-state index contributed by atoms with van der Waals surface area (Å²) in [7, 11) is 1.50. The number of anilines is 1. The van der Waals surface area contributed by atoms with E-state index in [9.17, 15) is 23.7 Å². The molecule has 0 unspecified atom stereocenters. The summed E-state index contributed by atoms with van der Waals surface area (Å²) in [6, 6.07) is 14.2. The highest BCUT2D eigenvalue weighted by molar-refractivity contribution is 6.34. The molecule has 0 spiro atoms. The molecular weight excluding hydrogens is 434 g/mol. The third-order valence-corrected chi connectivity index (χ3v) is 4.58. The van der Waals surface area contributed by atoms with Crippen LogP contribution in [0.5, 0.6) is 11.5 Å². The van der Waals surface area contributed by atoms with Crippen molar-refractivity contribution in [2.75, 3.05) is 12.4 Å². The van der Waals surface area contributed by atoms with Gasteiger partial charge in [-0.2, -0.15) is 8.78 Å². The zero-order valence-corrected chi connectivity index (χ0v) is 16.7. The summed E-state index contributed by atoms with van der Waals surface area (Å²) in [4.78, 5) is 22.8. The summed E-state index contributed by atoms with van der Waals surface area (Å²) in [6.45, 7) is -3.03. The smallest absolute Gasteiger partial charge is 0.387 e. The van der Waals surface area contributed by atoms with E-state index in [0.717, 1.165) is 12.1 Å². The molecular formula is C21H15ClF2N2O5. The van der Waals surface area contributed by atoms with Crippen molar-refractivity contribution in [3.05, 3.63) is 81.4 Å². The Morgan fingerprint density at radius 1 is 1.10 bits per heavy atom. The number of nitrogens with zero attached hydrogens (tertiary/aromatic N) is 1. The maximum absolute atomic E-state index is 12.8. The minimum Gasteiger partial charge on any atom is -0.497 e. The van der Waals surface area contributed by atoms with E-state index in [1.54, 1.807) is 24.3 Å². The van der Waals surface area contributed by atoms with Gasteiger partial charge in [0.25, 0.3) is 11.6 Å². The highest BCUT2D eigenvalue weighted by atomic mass is 35.5. The quantitative estimate of drug-likeness (QED) is 0.365. The fourth-order valence-corrected chi connectivity index (χ4v) is 3.06. The first-order chi connectivity index (χ1) is 14.8. The van der Waals surface area contributed by atoms with Crippen molar-refractivity contribution < 1.29 is 28.0 Å². The number of amides is 1. The molecule has 0 aliphatic heterocycles. The van der Waals surface area contributed by atoms with Gasteiger partial charge in [0.2, 0.25) is 0 Å². The van der Waals surface area contributed by atoms with Gasteiger partial charge in [0.15, 0.2) is 0 Å². The second kappa shape index (κ2) is 9.40. The molecule has 0 fully saturated rings. The number of methoxy groups -OCH3 is 1. The number of hydrogen-bond donors (Lipinski definition) is 1. The Labute approximate surface area is 180 Å². The van der Waals surface area contributed by atoms with Gasteiger partial charge in [-0.15, -0.1) is 0 Å². The van der Waals surface area contributed by atoms with Crippen molar-refractivity contribution in [1.29, 1.82) is 0 Å². The second-order valence-corrected chi connectivity index (χ2v) is 6.60. The molecule has 31 heavy (non-hydrogen) atoms. The maximum Gasteiger partial charge on any atom is 0.387 e. The topological polar surface area (TPSA) is 90.7 Å². The number of nitro groups is 1. The van der Waals surface area contributed by atoms with E-state index in [-0.39, 0.29) is 27.7 Å². The number of nitrogens with one attached hydrogen (secondary N) is 1. The number of carbonyl (C=O) groups excluding carboxylic acids is 1. The van der Waals surface area contributed by atoms with Crippen LogP contribution in [0.2, 0.25) is 5.02 Å². The van der Waals surface area contributed by atoms with Crippen LogP contribution >= 0.6 is 11.6 Å². The van der Waals surface area contributed by atoms with E-state index < -0.39 is 17.4 Å². The zero-order chi connectivity index (χ0) is 22.5. The number of carbonyl (C=O) groups is 1. The van der Waals surface area contributed by atoms with Crippen LogP contribution in [0.4, 0.5) is 20.2 Å². The van der Waals surface area contributed by atoms with Gasteiger partial charge >= 0.3 is 6.61 Å². The SMILES string of the molecule is COc1ccc(-c2cc(NC(=O)c3ccc([N+](=O)[O-])cc3Cl)ccc2OC(F)F)cc1. The number of alkyl halides is 2. The van der Waals surface area contributed by atoms with Crippen LogP contribution in [0.3, 0.4) is 0 Å². The van der Waals surface area contributed by atoms with Gasteiger partial charge in [-0.3, -0.25) is 14.9 Å². The fraction of sp³-hybridized carbons (Fsp3) is 0.0952. The zero-order valence-electron chi connectivity index (χ0n) is 16.0. The van der Waals surface area contributed by atoms with E-state index in [1.165, 1.54) is 31.4 Å². The molecule has 0 bridgehead atoms. The Balaban J connectivity index is 1.92. The summed E-state index contributed by atoms with van der Waals surface area (Å²) < 4.78 is 35.3. The highest BCUT2D eigenvalue weighted by Gasteiger charge is 2.17. The van der Waals surface area contributed by atoms with E-state index in [1.807, 2.05) is 0 Å². The number of halogens is 3. The molecule has 1 amide bonds. The Kier molecular flexibility index (Phi) is 6.66. The van der Waals surface area contributed by atoms with Crippen molar-refractivity contribution in [3.8, 4) is 22.6 Å². The third-order valence-electron chi connectivity index (χ3n) is 4.26. The first-order valence-electron chi connectivity index (χ1n) is 8.77. The van der Waals surface area contributed by atoms with Crippen molar-refractivity contribution in [2.24, 2.45) is 0 Å². The van der Waals surface area contributed by atoms with Gasteiger partial charge in [0.05, 0.1) is 22.6 Å². The van der Waals surface area contributed by atoms with E-state index >= 15 is 0 Å². The molecule has 1 N–H and O–H groups in total. The van der Waals surface area contributed by atoms with Crippen LogP contribution in [0.15, 0.2) is 60.7 Å². The Morgan fingerprint density at radius 2 is 1.81 bits per heavy atom. The van der Waals surface area contributed by atoms with Gasteiger partial charge in [-0.25, -0.2) is 0 Å². The minimum absolute atomic E-state index is 0.0196. The number of nitro benzene ring substituents is 1. The molecule has 0 aromatic heterocycles. The Bertz CT molecular complexity index is 1120. The average Bonchev–Trinajstić information content (AvgIpc) is 2.74. The van der Waals surface area contributed by atoms with Gasteiger partial charge in [-0.1, -0.05) is 23.7 Å². The van der Waals surface area contributed by atoms with Crippen LogP contribution in [-0.2, 0) is 0 Å². The normalized spacial score (nSPS) is 10.6. The summed E-state index contributed by atoms with van der Waals surface area (Å²) in [5.41, 5.74) is 0.923. The van der Waals surface area contributed by atoms with E-state index in [0.29, 0.717) is 16.9 Å². The highest BCUT2D eigenvalue weighted by Crippen LogP contribution is 2.35. The largest absolute Gasteiger partial charge is 0.497 e. The van der Waals surface area contributed by atoms with Gasteiger partial charge in [-0.05, 0) is 42.0 Å². The van der Waals surface area contributed by atoms with Crippen LogP contribution in [0.25, 0.3) is 11.1 Å². The summed E-state index contributed by atoms with van der Waals surface area (Å²) in [6.07, 6.45) is 0. The molecule has 0 saturated heterocycles. The predicted octanol–water partition coefficient (Wildman–Crippen LogP) is 5.78. The fourth-order valence-electron chi connectivity index (χ4n) is 2.80. The van der Waals surface area contributed by atoms with Crippen molar-refractivity contribution in [2.45, 2.75) is 6.61 Å². The lowest BCUT2D eigenvalue weighted by Gasteiger charge is -2.14. The van der Waals surface area contributed by atoms with Crippen molar-refractivity contribution in [1.82, 2.24) is 0 Å². The number of non-ortho nitro benzene ring substituents is 1. The molecule has 0 heterocycles. The molecule has 0 radical (unpaired) electrons. The van der Waals surface area contributed by atoms with Crippen molar-refractivity contribution in [3.63, 3.8) is 0 Å².